The van der Waals surface area contributed by atoms with Gasteiger partial charge in [-0.3, -0.25) is 4.79 Å². The maximum atomic E-state index is 11.0. The summed E-state index contributed by atoms with van der Waals surface area (Å²) in [6, 6.07) is 6.10. The van der Waals surface area contributed by atoms with Crippen molar-refractivity contribution in [1.29, 1.82) is 0 Å². The highest BCUT2D eigenvalue weighted by molar-refractivity contribution is 5.72. The molecule has 0 heterocycles. The number of carbonyl (C=O) groups is 1. The van der Waals surface area contributed by atoms with Crippen LogP contribution >= 0.6 is 0 Å². The summed E-state index contributed by atoms with van der Waals surface area (Å²) in [7, 11) is 0. The van der Waals surface area contributed by atoms with Crippen molar-refractivity contribution in [2.24, 2.45) is 0 Å². The Morgan fingerprint density at radius 2 is 1.88 bits per heavy atom. The lowest BCUT2D eigenvalue weighted by molar-refractivity contribution is -0.141. The first-order valence-corrected chi connectivity index (χ1v) is 5.34. The Kier molecular flexibility index (Phi) is 4.60. The predicted octanol–water partition coefficient (Wildman–Crippen LogP) is 2.61. The van der Waals surface area contributed by atoms with Gasteiger partial charge in [-0.15, -0.1) is 0 Å². The van der Waals surface area contributed by atoms with Crippen molar-refractivity contribution in [2.75, 3.05) is 6.61 Å². The Balaban J connectivity index is 2.66. The second-order valence-electron chi connectivity index (χ2n) is 3.66. The molecule has 0 radical (unpaired) electrons. The highest BCUT2D eigenvalue weighted by Gasteiger charge is 1.96. The molecule has 0 saturated carbocycles. The smallest absolute Gasteiger partial charge is 0.317 e. The summed E-state index contributed by atoms with van der Waals surface area (Å²) < 4.78 is 4.79. The molecule has 2 heteroatoms. The molecule has 2 nitrogen and oxygen atoms in total. The van der Waals surface area contributed by atoms with Gasteiger partial charge in [0.25, 0.3) is 0 Å². The summed E-state index contributed by atoms with van der Waals surface area (Å²) in [6.07, 6.45) is 0.154. The van der Waals surface area contributed by atoms with E-state index < -0.39 is 0 Å². The fraction of sp³-hybridized carbons (Fsp3) is 0.357. The van der Waals surface area contributed by atoms with Crippen molar-refractivity contribution in [3.63, 3.8) is 0 Å². The quantitative estimate of drug-likeness (QED) is 0.561. The SMILES string of the molecule is CCOC(=O)CC#Cc1cc(C)cc(C)c1. The van der Waals surface area contributed by atoms with Gasteiger partial charge in [0.2, 0.25) is 0 Å². The minimum absolute atomic E-state index is 0.154. The normalized spacial score (nSPS) is 9.19. The molecule has 1 aromatic rings. The summed E-state index contributed by atoms with van der Waals surface area (Å²) in [5.74, 6) is 5.52. The van der Waals surface area contributed by atoms with E-state index in [2.05, 4.69) is 17.9 Å². The van der Waals surface area contributed by atoms with Gasteiger partial charge in [-0.2, -0.15) is 0 Å². The molecule has 0 fully saturated rings. The molecule has 0 unspecified atom stereocenters. The van der Waals surface area contributed by atoms with E-state index in [1.807, 2.05) is 26.0 Å². The summed E-state index contributed by atoms with van der Waals surface area (Å²) in [5.41, 5.74) is 3.31. The number of carbonyl (C=O) groups excluding carboxylic acids is 1. The highest BCUT2D eigenvalue weighted by Crippen LogP contribution is 2.07. The topological polar surface area (TPSA) is 26.3 Å². The number of aryl methyl sites for hydroxylation is 2. The molecule has 0 aliphatic carbocycles. The average molecular weight is 216 g/mol. The molecule has 0 aliphatic rings. The number of rotatable bonds is 2. The molecular weight excluding hydrogens is 200 g/mol. The van der Waals surface area contributed by atoms with Gasteiger partial charge in [-0.25, -0.2) is 0 Å². The van der Waals surface area contributed by atoms with Crippen LogP contribution in [0.15, 0.2) is 18.2 Å². The summed E-state index contributed by atoms with van der Waals surface area (Å²) >= 11 is 0. The molecule has 1 rings (SSSR count). The van der Waals surface area contributed by atoms with E-state index in [4.69, 9.17) is 4.74 Å². The standard InChI is InChI=1S/C14H16O2/c1-4-16-14(15)7-5-6-13-9-11(2)8-12(3)10-13/h8-10H,4,7H2,1-3H3. The monoisotopic (exact) mass is 216 g/mol. The van der Waals surface area contributed by atoms with Crippen LogP contribution in [0.25, 0.3) is 0 Å². The van der Waals surface area contributed by atoms with Gasteiger partial charge < -0.3 is 4.74 Å². The van der Waals surface area contributed by atoms with Crippen molar-refractivity contribution < 1.29 is 9.53 Å². The predicted molar refractivity (Wildman–Crippen MR) is 64.0 cm³/mol. The van der Waals surface area contributed by atoms with Gasteiger partial charge in [0.1, 0.15) is 6.42 Å². The number of hydrogen-bond donors (Lipinski definition) is 0. The third kappa shape index (κ3) is 4.18. The lowest BCUT2D eigenvalue weighted by atomic mass is 10.1. The molecule has 0 atom stereocenters. The lowest BCUT2D eigenvalue weighted by Gasteiger charge is -1.98. The zero-order valence-electron chi connectivity index (χ0n) is 9.96. The summed E-state index contributed by atoms with van der Waals surface area (Å²) in [5, 5.41) is 0. The molecule has 0 saturated heterocycles. The summed E-state index contributed by atoms with van der Waals surface area (Å²) in [4.78, 5) is 11.0. The zero-order valence-corrected chi connectivity index (χ0v) is 9.96. The van der Waals surface area contributed by atoms with Crippen molar-refractivity contribution >= 4 is 5.97 Å². The van der Waals surface area contributed by atoms with Crippen molar-refractivity contribution in [2.45, 2.75) is 27.2 Å². The van der Waals surface area contributed by atoms with Crippen LogP contribution in [0.5, 0.6) is 0 Å². The van der Waals surface area contributed by atoms with Crippen LogP contribution in [0, 0.1) is 25.7 Å². The fourth-order valence-corrected chi connectivity index (χ4v) is 1.48. The van der Waals surface area contributed by atoms with Crippen molar-refractivity contribution in [1.82, 2.24) is 0 Å². The molecule has 0 amide bonds. The highest BCUT2D eigenvalue weighted by atomic mass is 16.5. The second kappa shape index (κ2) is 5.97. The van der Waals surface area contributed by atoms with Crippen LogP contribution in [0.1, 0.15) is 30.0 Å². The van der Waals surface area contributed by atoms with Gasteiger partial charge in [-0.1, -0.05) is 17.9 Å². The van der Waals surface area contributed by atoms with Crippen LogP contribution in [-0.2, 0) is 9.53 Å². The third-order valence-electron chi connectivity index (χ3n) is 1.99. The minimum Gasteiger partial charge on any atom is -0.465 e. The molecule has 0 aliphatic heterocycles. The Bertz CT molecular complexity index is 416. The Morgan fingerprint density at radius 1 is 1.25 bits per heavy atom. The number of ether oxygens (including phenoxy) is 1. The molecule has 84 valence electrons. The van der Waals surface area contributed by atoms with Crippen LogP contribution in [0.2, 0.25) is 0 Å². The van der Waals surface area contributed by atoms with E-state index in [0.717, 1.165) is 5.56 Å². The Hall–Kier alpha value is -1.75. The molecule has 0 spiro atoms. The maximum Gasteiger partial charge on any atom is 0.317 e. The largest absolute Gasteiger partial charge is 0.465 e. The van der Waals surface area contributed by atoms with Gasteiger partial charge in [0, 0.05) is 5.56 Å². The minimum atomic E-state index is -0.264. The van der Waals surface area contributed by atoms with E-state index in [1.165, 1.54) is 11.1 Å². The molecule has 0 N–H and O–H groups in total. The maximum absolute atomic E-state index is 11.0. The molecule has 0 bridgehead atoms. The lowest BCUT2D eigenvalue weighted by Crippen LogP contribution is -2.01. The van der Waals surface area contributed by atoms with E-state index in [1.54, 1.807) is 6.92 Å². The second-order valence-corrected chi connectivity index (χ2v) is 3.66. The van der Waals surface area contributed by atoms with E-state index in [-0.39, 0.29) is 12.4 Å². The molecular formula is C14H16O2. The first-order chi connectivity index (χ1) is 7.61. The van der Waals surface area contributed by atoms with Crippen molar-refractivity contribution in [3.8, 4) is 11.8 Å². The summed E-state index contributed by atoms with van der Waals surface area (Å²) in [6.45, 7) is 6.26. The number of esters is 1. The first-order valence-electron chi connectivity index (χ1n) is 5.34. The number of hydrogen-bond acceptors (Lipinski definition) is 2. The zero-order chi connectivity index (χ0) is 12.0. The van der Waals surface area contributed by atoms with Crippen LogP contribution < -0.4 is 0 Å². The van der Waals surface area contributed by atoms with E-state index >= 15 is 0 Å². The van der Waals surface area contributed by atoms with E-state index in [0.29, 0.717) is 6.61 Å². The van der Waals surface area contributed by atoms with E-state index in [9.17, 15) is 4.79 Å². The first kappa shape index (κ1) is 12.3. The molecule has 1 aromatic carbocycles. The van der Waals surface area contributed by atoms with Crippen LogP contribution in [0.4, 0.5) is 0 Å². The van der Waals surface area contributed by atoms with Crippen LogP contribution in [0.3, 0.4) is 0 Å². The van der Waals surface area contributed by atoms with Gasteiger partial charge in [-0.05, 0) is 44.0 Å². The van der Waals surface area contributed by atoms with Gasteiger partial charge in [0.05, 0.1) is 6.61 Å². The molecule has 16 heavy (non-hydrogen) atoms. The number of benzene rings is 1. The third-order valence-corrected chi connectivity index (χ3v) is 1.99. The molecule has 0 aromatic heterocycles. The van der Waals surface area contributed by atoms with Gasteiger partial charge >= 0.3 is 5.97 Å². The Labute approximate surface area is 96.6 Å². The van der Waals surface area contributed by atoms with Gasteiger partial charge in [0.15, 0.2) is 0 Å². The Morgan fingerprint density at radius 3 is 2.44 bits per heavy atom. The fourth-order valence-electron chi connectivity index (χ4n) is 1.48. The van der Waals surface area contributed by atoms with Crippen molar-refractivity contribution in [3.05, 3.63) is 34.9 Å². The van der Waals surface area contributed by atoms with Crippen LogP contribution in [-0.4, -0.2) is 12.6 Å². The average Bonchev–Trinajstić information content (AvgIpc) is 2.16.